The SMILES string of the molecule is CC(C)C(NC(=O)c1ccc(F)cc1)C(=O)Nc1cc2c(cc1Cl)OCCO2. The van der Waals surface area contributed by atoms with E-state index in [0.717, 1.165) is 0 Å². The molecule has 1 aliphatic rings. The molecule has 2 aromatic rings. The molecule has 148 valence electrons. The monoisotopic (exact) mass is 406 g/mol. The van der Waals surface area contributed by atoms with Crippen LogP contribution in [0, 0.1) is 11.7 Å². The summed E-state index contributed by atoms with van der Waals surface area (Å²) in [5.41, 5.74) is 0.620. The van der Waals surface area contributed by atoms with Crippen molar-refractivity contribution in [3.05, 3.63) is 52.8 Å². The zero-order valence-electron chi connectivity index (χ0n) is 15.4. The Labute approximate surface area is 167 Å². The lowest BCUT2D eigenvalue weighted by Gasteiger charge is -2.23. The normalized spacial score (nSPS) is 13.8. The number of benzene rings is 2. The molecule has 0 aliphatic carbocycles. The summed E-state index contributed by atoms with van der Waals surface area (Å²) >= 11 is 6.23. The number of ether oxygens (including phenoxy) is 2. The molecule has 2 aromatic carbocycles. The van der Waals surface area contributed by atoms with Gasteiger partial charge in [-0.25, -0.2) is 4.39 Å². The van der Waals surface area contributed by atoms with Crippen molar-refractivity contribution in [1.82, 2.24) is 5.32 Å². The first-order chi connectivity index (χ1) is 13.3. The predicted molar refractivity (Wildman–Crippen MR) is 104 cm³/mol. The fourth-order valence-corrected chi connectivity index (χ4v) is 2.93. The number of hydrogen-bond acceptors (Lipinski definition) is 4. The molecule has 1 aliphatic heterocycles. The lowest BCUT2D eigenvalue weighted by molar-refractivity contribution is -0.118. The Hall–Kier alpha value is -2.80. The molecule has 2 N–H and O–H groups in total. The zero-order valence-corrected chi connectivity index (χ0v) is 16.2. The Balaban J connectivity index is 1.74. The molecule has 0 saturated heterocycles. The minimum absolute atomic E-state index is 0.194. The molecule has 0 bridgehead atoms. The molecule has 1 atom stereocenters. The lowest BCUT2D eigenvalue weighted by atomic mass is 10.0. The second kappa shape index (κ2) is 8.48. The van der Waals surface area contributed by atoms with Crippen molar-refractivity contribution in [3.8, 4) is 11.5 Å². The van der Waals surface area contributed by atoms with Crippen molar-refractivity contribution < 1.29 is 23.5 Å². The first-order valence-corrected chi connectivity index (χ1v) is 9.19. The van der Waals surface area contributed by atoms with Crippen LogP contribution in [0.15, 0.2) is 36.4 Å². The lowest BCUT2D eigenvalue weighted by Crippen LogP contribution is -2.47. The molecular weight excluding hydrogens is 387 g/mol. The molecule has 0 spiro atoms. The number of anilines is 1. The van der Waals surface area contributed by atoms with Crippen molar-refractivity contribution >= 4 is 29.1 Å². The van der Waals surface area contributed by atoms with E-state index >= 15 is 0 Å². The predicted octanol–water partition coefficient (Wildman–Crippen LogP) is 3.64. The highest BCUT2D eigenvalue weighted by Crippen LogP contribution is 2.38. The highest BCUT2D eigenvalue weighted by atomic mass is 35.5. The maximum atomic E-state index is 13.0. The van der Waals surface area contributed by atoms with E-state index in [1.807, 2.05) is 0 Å². The number of carbonyl (C=O) groups excluding carboxylic acids is 2. The number of hydrogen-bond donors (Lipinski definition) is 2. The van der Waals surface area contributed by atoms with Crippen LogP contribution in [0.5, 0.6) is 11.5 Å². The van der Waals surface area contributed by atoms with Gasteiger partial charge in [0, 0.05) is 17.7 Å². The molecule has 0 radical (unpaired) electrons. The Kier molecular flexibility index (Phi) is 6.04. The molecule has 1 unspecified atom stereocenters. The second-order valence-electron chi connectivity index (χ2n) is 6.67. The topological polar surface area (TPSA) is 76.7 Å². The molecule has 0 aromatic heterocycles. The van der Waals surface area contributed by atoms with Crippen LogP contribution in [0.3, 0.4) is 0 Å². The summed E-state index contributed by atoms with van der Waals surface area (Å²) in [5, 5.41) is 5.70. The van der Waals surface area contributed by atoms with Crippen LogP contribution in [-0.2, 0) is 4.79 Å². The van der Waals surface area contributed by atoms with Gasteiger partial charge in [0.15, 0.2) is 11.5 Å². The van der Waals surface area contributed by atoms with Gasteiger partial charge in [-0.3, -0.25) is 9.59 Å². The van der Waals surface area contributed by atoms with Crippen LogP contribution < -0.4 is 20.1 Å². The van der Waals surface area contributed by atoms with E-state index in [1.165, 1.54) is 24.3 Å². The summed E-state index contributed by atoms with van der Waals surface area (Å²) < 4.78 is 24.0. The van der Waals surface area contributed by atoms with Gasteiger partial charge in [0.05, 0.1) is 10.7 Å². The molecule has 2 amide bonds. The fraction of sp³-hybridized carbons (Fsp3) is 0.300. The van der Waals surface area contributed by atoms with Crippen LogP contribution in [-0.4, -0.2) is 31.1 Å². The molecule has 8 heteroatoms. The van der Waals surface area contributed by atoms with Crippen LogP contribution in [0.4, 0.5) is 10.1 Å². The third-order valence-corrected chi connectivity index (χ3v) is 4.54. The number of amides is 2. The summed E-state index contributed by atoms with van der Waals surface area (Å²) in [6, 6.07) is 7.45. The van der Waals surface area contributed by atoms with E-state index in [-0.39, 0.29) is 11.5 Å². The number of carbonyl (C=O) groups is 2. The number of fused-ring (bicyclic) bond motifs is 1. The molecule has 28 heavy (non-hydrogen) atoms. The molecule has 0 saturated carbocycles. The summed E-state index contributed by atoms with van der Waals surface area (Å²) in [6.45, 7) is 4.45. The van der Waals surface area contributed by atoms with E-state index in [9.17, 15) is 14.0 Å². The van der Waals surface area contributed by atoms with Gasteiger partial charge in [0.25, 0.3) is 5.91 Å². The van der Waals surface area contributed by atoms with Crippen LogP contribution in [0.2, 0.25) is 5.02 Å². The van der Waals surface area contributed by atoms with Crippen LogP contribution >= 0.6 is 11.6 Å². The fourth-order valence-electron chi connectivity index (χ4n) is 2.73. The van der Waals surface area contributed by atoms with Gasteiger partial charge < -0.3 is 20.1 Å². The van der Waals surface area contributed by atoms with Crippen LogP contribution in [0.1, 0.15) is 24.2 Å². The molecule has 3 rings (SSSR count). The molecule has 1 heterocycles. The van der Waals surface area contributed by atoms with Crippen molar-refractivity contribution in [3.63, 3.8) is 0 Å². The Morgan fingerprint density at radius 3 is 2.29 bits per heavy atom. The van der Waals surface area contributed by atoms with Crippen molar-refractivity contribution in [2.45, 2.75) is 19.9 Å². The van der Waals surface area contributed by atoms with E-state index in [4.69, 9.17) is 21.1 Å². The average molecular weight is 407 g/mol. The third kappa shape index (κ3) is 4.54. The number of rotatable bonds is 5. The first kappa shape index (κ1) is 19.9. The summed E-state index contributed by atoms with van der Waals surface area (Å²) in [6.07, 6.45) is 0. The molecule has 0 fully saturated rings. The van der Waals surface area contributed by atoms with Crippen molar-refractivity contribution in [2.75, 3.05) is 18.5 Å². The Morgan fingerprint density at radius 1 is 1.07 bits per heavy atom. The number of nitrogens with one attached hydrogen (secondary N) is 2. The van der Waals surface area contributed by atoms with Crippen molar-refractivity contribution in [1.29, 1.82) is 0 Å². The van der Waals surface area contributed by atoms with Gasteiger partial charge in [-0.1, -0.05) is 25.4 Å². The van der Waals surface area contributed by atoms with Gasteiger partial charge in [-0.15, -0.1) is 0 Å². The second-order valence-corrected chi connectivity index (χ2v) is 7.07. The Bertz CT molecular complexity index is 887. The smallest absolute Gasteiger partial charge is 0.251 e. The van der Waals surface area contributed by atoms with Gasteiger partial charge in [-0.2, -0.15) is 0 Å². The highest BCUT2D eigenvalue weighted by Gasteiger charge is 2.26. The van der Waals surface area contributed by atoms with E-state index in [1.54, 1.807) is 26.0 Å². The van der Waals surface area contributed by atoms with Gasteiger partial charge >= 0.3 is 0 Å². The minimum atomic E-state index is -0.818. The third-order valence-electron chi connectivity index (χ3n) is 4.23. The van der Waals surface area contributed by atoms with E-state index in [0.29, 0.717) is 35.4 Å². The molecule has 6 nitrogen and oxygen atoms in total. The van der Waals surface area contributed by atoms with E-state index < -0.39 is 23.7 Å². The summed E-state index contributed by atoms with van der Waals surface area (Å²) in [7, 11) is 0. The molecular formula is C20H20ClFN2O4. The zero-order chi connectivity index (χ0) is 20.3. The van der Waals surface area contributed by atoms with Gasteiger partial charge in [0.2, 0.25) is 5.91 Å². The average Bonchev–Trinajstić information content (AvgIpc) is 2.66. The standard InChI is InChI=1S/C20H20ClFN2O4/c1-11(2)18(24-19(25)12-3-5-13(22)6-4-12)20(26)23-15-10-17-16(9-14(15)21)27-7-8-28-17/h3-6,9-11,18H,7-8H2,1-2H3,(H,23,26)(H,24,25). The summed E-state index contributed by atoms with van der Waals surface area (Å²) in [5.74, 6) is -0.531. The first-order valence-electron chi connectivity index (χ1n) is 8.81. The van der Waals surface area contributed by atoms with Gasteiger partial charge in [-0.05, 0) is 30.2 Å². The quantitative estimate of drug-likeness (QED) is 0.794. The van der Waals surface area contributed by atoms with E-state index in [2.05, 4.69) is 10.6 Å². The largest absolute Gasteiger partial charge is 0.486 e. The van der Waals surface area contributed by atoms with Gasteiger partial charge in [0.1, 0.15) is 25.1 Å². The number of halogens is 2. The maximum absolute atomic E-state index is 13.0. The summed E-state index contributed by atoms with van der Waals surface area (Å²) in [4.78, 5) is 25.2. The van der Waals surface area contributed by atoms with Crippen LogP contribution in [0.25, 0.3) is 0 Å². The maximum Gasteiger partial charge on any atom is 0.251 e. The Morgan fingerprint density at radius 2 is 1.68 bits per heavy atom. The minimum Gasteiger partial charge on any atom is -0.486 e. The van der Waals surface area contributed by atoms with Crippen molar-refractivity contribution in [2.24, 2.45) is 5.92 Å². The highest BCUT2D eigenvalue weighted by molar-refractivity contribution is 6.34.